The third-order valence-electron chi connectivity index (χ3n) is 2.26. The minimum atomic E-state index is -3.36. The second kappa shape index (κ2) is 6.00. The number of benzene rings is 1. The molecule has 0 heterocycles. The predicted octanol–water partition coefficient (Wildman–Crippen LogP) is 1.04. The monoisotopic (exact) mass is 258 g/mol. The molecule has 0 radical (unpaired) electrons. The molecule has 1 atom stereocenters. The van der Waals surface area contributed by atoms with Crippen molar-refractivity contribution < 1.29 is 13.2 Å². The second-order valence-electron chi connectivity index (χ2n) is 3.73. The van der Waals surface area contributed by atoms with E-state index < -0.39 is 10.0 Å². The molecule has 1 aromatic rings. The molecule has 2 N–H and O–H groups in total. The van der Waals surface area contributed by atoms with E-state index in [9.17, 15) is 8.42 Å². The normalized spacial score (nSPS) is 13.4. The quantitative estimate of drug-likeness (QED) is 0.800. The molecule has 96 valence electrons. The Kier molecular flexibility index (Phi) is 4.92. The van der Waals surface area contributed by atoms with Crippen LogP contribution in [-0.2, 0) is 14.8 Å². The molecule has 1 unspecified atom stereocenters. The lowest BCUT2D eigenvalue weighted by Crippen LogP contribution is -2.21. The van der Waals surface area contributed by atoms with Gasteiger partial charge in [0, 0.05) is 18.8 Å². The summed E-state index contributed by atoms with van der Waals surface area (Å²) in [7, 11) is -0.325. The van der Waals surface area contributed by atoms with Gasteiger partial charge in [0.2, 0.25) is 10.0 Å². The molecule has 0 spiro atoms. The fourth-order valence-corrected chi connectivity index (χ4v) is 2.15. The van der Waals surface area contributed by atoms with Gasteiger partial charge in [-0.2, -0.15) is 0 Å². The number of rotatable bonds is 6. The van der Waals surface area contributed by atoms with Gasteiger partial charge in [0.15, 0.2) is 0 Å². The van der Waals surface area contributed by atoms with Crippen molar-refractivity contribution in [3.8, 4) is 0 Å². The van der Waals surface area contributed by atoms with Crippen molar-refractivity contribution in [3.05, 3.63) is 24.3 Å². The summed E-state index contributed by atoms with van der Waals surface area (Å²) in [5, 5.41) is 3.20. The van der Waals surface area contributed by atoms with Crippen molar-refractivity contribution in [2.75, 3.05) is 26.1 Å². The SMILES string of the molecule is CNS(=O)(=O)c1ccc(NC(C)COC)cc1. The van der Waals surface area contributed by atoms with Gasteiger partial charge in [-0.1, -0.05) is 0 Å². The lowest BCUT2D eigenvalue weighted by Gasteiger charge is -2.14. The average Bonchev–Trinajstić information content (AvgIpc) is 2.30. The highest BCUT2D eigenvalue weighted by atomic mass is 32.2. The van der Waals surface area contributed by atoms with Gasteiger partial charge in [-0.3, -0.25) is 0 Å². The van der Waals surface area contributed by atoms with Crippen molar-refractivity contribution in [3.63, 3.8) is 0 Å². The first-order valence-corrected chi connectivity index (χ1v) is 6.77. The van der Waals surface area contributed by atoms with Gasteiger partial charge in [-0.15, -0.1) is 0 Å². The van der Waals surface area contributed by atoms with Crippen molar-refractivity contribution in [2.24, 2.45) is 0 Å². The zero-order valence-electron chi connectivity index (χ0n) is 10.2. The zero-order valence-corrected chi connectivity index (χ0v) is 11.0. The third-order valence-corrected chi connectivity index (χ3v) is 3.69. The van der Waals surface area contributed by atoms with E-state index in [0.29, 0.717) is 6.61 Å². The van der Waals surface area contributed by atoms with E-state index in [2.05, 4.69) is 10.0 Å². The van der Waals surface area contributed by atoms with Crippen LogP contribution in [0.15, 0.2) is 29.2 Å². The van der Waals surface area contributed by atoms with Crippen LogP contribution in [0.3, 0.4) is 0 Å². The Hall–Kier alpha value is -1.11. The summed E-state index contributed by atoms with van der Waals surface area (Å²) in [5.74, 6) is 0. The van der Waals surface area contributed by atoms with E-state index >= 15 is 0 Å². The Morgan fingerprint density at radius 2 is 1.88 bits per heavy atom. The van der Waals surface area contributed by atoms with Crippen LogP contribution in [0.2, 0.25) is 0 Å². The molecule has 0 aliphatic rings. The Morgan fingerprint density at radius 3 is 2.35 bits per heavy atom. The molecule has 0 aliphatic heterocycles. The number of sulfonamides is 1. The van der Waals surface area contributed by atoms with Crippen LogP contribution in [0.25, 0.3) is 0 Å². The van der Waals surface area contributed by atoms with Gasteiger partial charge in [0.25, 0.3) is 0 Å². The highest BCUT2D eigenvalue weighted by Crippen LogP contribution is 2.14. The lowest BCUT2D eigenvalue weighted by atomic mass is 10.3. The number of hydrogen-bond donors (Lipinski definition) is 2. The maximum atomic E-state index is 11.5. The first kappa shape index (κ1) is 14.0. The summed E-state index contributed by atoms with van der Waals surface area (Å²) in [6.45, 7) is 2.58. The largest absolute Gasteiger partial charge is 0.383 e. The van der Waals surface area contributed by atoms with Gasteiger partial charge in [-0.05, 0) is 38.2 Å². The molecule has 0 saturated carbocycles. The number of hydrogen-bond acceptors (Lipinski definition) is 4. The third kappa shape index (κ3) is 3.99. The summed E-state index contributed by atoms with van der Waals surface area (Å²) in [6, 6.07) is 6.76. The molecule has 0 bridgehead atoms. The summed E-state index contributed by atoms with van der Waals surface area (Å²) < 4.78 is 30.2. The molecular formula is C11H18N2O3S. The van der Waals surface area contributed by atoms with Crippen molar-refractivity contribution in [2.45, 2.75) is 17.9 Å². The molecule has 17 heavy (non-hydrogen) atoms. The summed E-state index contributed by atoms with van der Waals surface area (Å²) in [4.78, 5) is 0.255. The van der Waals surface area contributed by atoms with E-state index in [1.54, 1.807) is 31.4 Å². The fourth-order valence-electron chi connectivity index (χ4n) is 1.42. The van der Waals surface area contributed by atoms with Crippen LogP contribution in [0, 0.1) is 0 Å². The second-order valence-corrected chi connectivity index (χ2v) is 5.62. The molecule has 5 nitrogen and oxygen atoms in total. The van der Waals surface area contributed by atoms with Crippen LogP contribution >= 0.6 is 0 Å². The van der Waals surface area contributed by atoms with Crippen molar-refractivity contribution in [1.29, 1.82) is 0 Å². The highest BCUT2D eigenvalue weighted by molar-refractivity contribution is 7.89. The molecule has 0 aromatic heterocycles. The number of methoxy groups -OCH3 is 1. The standard InChI is InChI=1S/C11H18N2O3S/c1-9(8-16-3)13-10-4-6-11(7-5-10)17(14,15)12-2/h4-7,9,12-13H,8H2,1-3H3. The fraction of sp³-hybridized carbons (Fsp3) is 0.455. The lowest BCUT2D eigenvalue weighted by molar-refractivity contribution is 0.190. The van der Waals surface area contributed by atoms with Crippen molar-refractivity contribution in [1.82, 2.24) is 4.72 Å². The molecule has 1 rings (SSSR count). The topological polar surface area (TPSA) is 67.4 Å². The predicted molar refractivity (Wildman–Crippen MR) is 67.6 cm³/mol. The van der Waals surface area contributed by atoms with Crippen LogP contribution in [0.1, 0.15) is 6.92 Å². The van der Waals surface area contributed by atoms with E-state index in [4.69, 9.17) is 4.74 Å². The molecule has 6 heteroatoms. The van der Waals surface area contributed by atoms with Crippen LogP contribution < -0.4 is 10.0 Å². The Labute approximate surface area is 102 Å². The van der Waals surface area contributed by atoms with E-state index in [1.807, 2.05) is 6.92 Å². The number of nitrogens with one attached hydrogen (secondary N) is 2. The van der Waals surface area contributed by atoms with Gasteiger partial charge >= 0.3 is 0 Å². The molecule has 1 aromatic carbocycles. The molecule has 0 saturated heterocycles. The van der Waals surface area contributed by atoms with E-state index in [1.165, 1.54) is 7.05 Å². The smallest absolute Gasteiger partial charge is 0.240 e. The molecular weight excluding hydrogens is 240 g/mol. The Morgan fingerprint density at radius 1 is 1.29 bits per heavy atom. The molecule has 0 amide bonds. The number of anilines is 1. The van der Waals surface area contributed by atoms with Crippen LogP contribution in [-0.4, -0.2) is 35.2 Å². The van der Waals surface area contributed by atoms with E-state index in [0.717, 1.165) is 5.69 Å². The average molecular weight is 258 g/mol. The molecule has 0 aliphatic carbocycles. The van der Waals surface area contributed by atoms with E-state index in [-0.39, 0.29) is 10.9 Å². The van der Waals surface area contributed by atoms with Gasteiger partial charge in [-0.25, -0.2) is 13.1 Å². The first-order valence-electron chi connectivity index (χ1n) is 5.28. The zero-order chi connectivity index (χ0) is 12.9. The summed E-state index contributed by atoms with van der Waals surface area (Å²) in [5.41, 5.74) is 0.865. The Bertz CT molecular complexity index is 442. The first-order chi connectivity index (χ1) is 7.99. The Balaban J connectivity index is 2.75. The summed E-state index contributed by atoms with van der Waals surface area (Å²) >= 11 is 0. The maximum Gasteiger partial charge on any atom is 0.240 e. The summed E-state index contributed by atoms with van der Waals surface area (Å²) in [6.07, 6.45) is 0. The van der Waals surface area contributed by atoms with Gasteiger partial charge < -0.3 is 10.1 Å². The maximum absolute atomic E-state index is 11.5. The van der Waals surface area contributed by atoms with Gasteiger partial charge in [0.05, 0.1) is 11.5 Å². The van der Waals surface area contributed by atoms with Crippen LogP contribution in [0.5, 0.6) is 0 Å². The van der Waals surface area contributed by atoms with Crippen LogP contribution in [0.4, 0.5) is 5.69 Å². The van der Waals surface area contributed by atoms with Crippen molar-refractivity contribution >= 4 is 15.7 Å². The minimum absolute atomic E-state index is 0.173. The van der Waals surface area contributed by atoms with Gasteiger partial charge in [0.1, 0.15) is 0 Å². The minimum Gasteiger partial charge on any atom is -0.383 e. The highest BCUT2D eigenvalue weighted by Gasteiger charge is 2.10. The molecule has 0 fully saturated rings. The number of ether oxygens (including phenoxy) is 1.